The fourth-order valence-corrected chi connectivity index (χ4v) is 4.56. The van der Waals surface area contributed by atoms with Crippen molar-refractivity contribution in [2.45, 2.75) is 32.9 Å². The Kier molecular flexibility index (Phi) is 11.7. The summed E-state index contributed by atoms with van der Waals surface area (Å²) < 4.78 is 16.4. The van der Waals surface area contributed by atoms with Crippen molar-refractivity contribution in [1.29, 1.82) is 0 Å². The second-order valence-corrected chi connectivity index (χ2v) is 9.84. The molecule has 2 aromatic rings. The maximum atomic E-state index is 13.6. The lowest BCUT2D eigenvalue weighted by Gasteiger charge is -2.32. The Balaban J connectivity index is 1.58. The number of carbonyl (C=O) groups excluding carboxylic acids is 2. The van der Waals surface area contributed by atoms with Crippen LogP contribution in [0.4, 0.5) is 4.79 Å². The number of hydrogen-bond acceptors (Lipinski definition) is 6. The van der Waals surface area contributed by atoms with Crippen LogP contribution in [-0.2, 0) is 11.3 Å². The molecule has 9 nitrogen and oxygen atoms in total. The van der Waals surface area contributed by atoms with E-state index in [9.17, 15) is 9.59 Å². The normalized spacial score (nSPS) is 16.8. The zero-order valence-electron chi connectivity index (χ0n) is 23.0. The highest BCUT2D eigenvalue weighted by Crippen LogP contribution is 2.29. The van der Waals surface area contributed by atoms with Gasteiger partial charge in [-0.3, -0.25) is 4.79 Å². The van der Waals surface area contributed by atoms with Crippen LogP contribution in [0.5, 0.6) is 11.5 Å². The van der Waals surface area contributed by atoms with Crippen LogP contribution >= 0.6 is 0 Å². The maximum Gasteiger partial charge on any atom is 0.315 e. The van der Waals surface area contributed by atoms with Gasteiger partial charge in [0.15, 0.2) is 11.5 Å². The van der Waals surface area contributed by atoms with Crippen LogP contribution in [0.2, 0.25) is 0 Å². The van der Waals surface area contributed by atoms with E-state index in [0.29, 0.717) is 49.9 Å². The van der Waals surface area contributed by atoms with Crippen LogP contribution < -0.4 is 25.4 Å². The van der Waals surface area contributed by atoms with Gasteiger partial charge in [-0.2, -0.15) is 0 Å². The van der Waals surface area contributed by atoms with E-state index in [1.54, 1.807) is 32.4 Å². The number of rotatable bonds is 14. The van der Waals surface area contributed by atoms with Crippen molar-refractivity contribution < 1.29 is 23.8 Å². The molecule has 3 amide bonds. The smallest absolute Gasteiger partial charge is 0.315 e. The molecule has 1 heterocycles. The van der Waals surface area contributed by atoms with Crippen molar-refractivity contribution in [3.05, 3.63) is 59.7 Å². The van der Waals surface area contributed by atoms with Gasteiger partial charge in [-0.1, -0.05) is 30.3 Å². The fourth-order valence-electron chi connectivity index (χ4n) is 4.56. The van der Waals surface area contributed by atoms with Gasteiger partial charge in [0.2, 0.25) is 0 Å². The van der Waals surface area contributed by atoms with Crippen molar-refractivity contribution in [3.8, 4) is 11.5 Å². The maximum absolute atomic E-state index is 13.6. The molecule has 1 aliphatic rings. The third-order valence-corrected chi connectivity index (χ3v) is 6.78. The van der Waals surface area contributed by atoms with Crippen molar-refractivity contribution in [2.24, 2.45) is 11.8 Å². The van der Waals surface area contributed by atoms with Gasteiger partial charge in [-0.15, -0.1) is 0 Å². The third kappa shape index (κ3) is 8.63. The highest BCUT2D eigenvalue weighted by molar-refractivity contribution is 5.95. The summed E-state index contributed by atoms with van der Waals surface area (Å²) in [4.78, 5) is 27.9. The molecular formula is C29H42N4O5. The first-order valence-corrected chi connectivity index (χ1v) is 13.3. The van der Waals surface area contributed by atoms with Crippen LogP contribution in [0.1, 0.15) is 36.2 Å². The van der Waals surface area contributed by atoms with Gasteiger partial charge in [-0.05, 0) is 49.4 Å². The van der Waals surface area contributed by atoms with Gasteiger partial charge in [0.1, 0.15) is 0 Å². The average molecular weight is 527 g/mol. The number of ether oxygens (including phenoxy) is 3. The van der Waals surface area contributed by atoms with Gasteiger partial charge < -0.3 is 35.1 Å². The summed E-state index contributed by atoms with van der Waals surface area (Å²) in [6.07, 6.45) is 0.740. The second-order valence-electron chi connectivity index (χ2n) is 9.84. The monoisotopic (exact) mass is 526 g/mol. The zero-order chi connectivity index (χ0) is 27.3. The van der Waals surface area contributed by atoms with E-state index < -0.39 is 0 Å². The lowest BCUT2D eigenvalue weighted by Crippen LogP contribution is -2.44. The van der Waals surface area contributed by atoms with Gasteiger partial charge >= 0.3 is 6.03 Å². The molecule has 3 N–H and O–H groups in total. The molecular weight excluding hydrogens is 484 g/mol. The lowest BCUT2D eigenvalue weighted by molar-refractivity contribution is 0.0661. The average Bonchev–Trinajstić information content (AvgIpc) is 3.38. The SMILES string of the molecule is COCCCOc1cc(C(=O)N(C[C@@H]2CNC[C@H]2CNC(=O)NCc2ccccc2)C(C)C)ccc1OC. The molecule has 1 aliphatic heterocycles. The minimum Gasteiger partial charge on any atom is -0.493 e. The molecule has 2 atom stereocenters. The topological polar surface area (TPSA) is 101 Å². The van der Waals surface area contributed by atoms with Gasteiger partial charge in [0.25, 0.3) is 5.91 Å². The summed E-state index contributed by atoms with van der Waals surface area (Å²) >= 11 is 0. The number of benzene rings is 2. The van der Waals surface area contributed by atoms with Gasteiger partial charge in [0, 0.05) is 64.5 Å². The highest BCUT2D eigenvalue weighted by Gasteiger charge is 2.32. The van der Waals surface area contributed by atoms with Gasteiger partial charge in [0.05, 0.1) is 13.7 Å². The van der Waals surface area contributed by atoms with E-state index in [-0.39, 0.29) is 29.8 Å². The van der Waals surface area contributed by atoms with E-state index in [4.69, 9.17) is 14.2 Å². The van der Waals surface area contributed by atoms with Crippen LogP contribution in [0.3, 0.4) is 0 Å². The molecule has 2 aromatic carbocycles. The van der Waals surface area contributed by atoms with E-state index in [1.807, 2.05) is 49.1 Å². The molecule has 3 rings (SSSR count). The largest absolute Gasteiger partial charge is 0.493 e. The van der Waals surface area contributed by atoms with E-state index in [1.165, 1.54) is 0 Å². The first-order valence-electron chi connectivity index (χ1n) is 13.3. The molecule has 208 valence electrons. The Hall–Kier alpha value is -3.30. The molecule has 0 unspecified atom stereocenters. The molecule has 0 spiro atoms. The predicted octanol–water partition coefficient (Wildman–Crippen LogP) is 3.30. The van der Waals surface area contributed by atoms with Crippen LogP contribution in [-0.4, -0.2) is 76.5 Å². The van der Waals surface area contributed by atoms with Crippen molar-refractivity contribution >= 4 is 11.9 Å². The second kappa shape index (κ2) is 15.2. The Morgan fingerprint density at radius 1 is 1.00 bits per heavy atom. The molecule has 0 radical (unpaired) electrons. The molecule has 0 aromatic heterocycles. The number of hydrogen-bond donors (Lipinski definition) is 3. The molecule has 38 heavy (non-hydrogen) atoms. The van der Waals surface area contributed by atoms with Crippen LogP contribution in [0.15, 0.2) is 48.5 Å². The predicted molar refractivity (Wildman–Crippen MR) is 148 cm³/mol. The molecule has 9 heteroatoms. The van der Waals surface area contributed by atoms with E-state index in [0.717, 1.165) is 25.1 Å². The molecule has 1 saturated heterocycles. The molecule has 0 bridgehead atoms. The Bertz CT molecular complexity index is 1020. The summed E-state index contributed by atoms with van der Waals surface area (Å²) in [5.41, 5.74) is 1.61. The number of nitrogens with one attached hydrogen (secondary N) is 3. The molecule has 0 aliphatic carbocycles. The first-order chi connectivity index (χ1) is 18.4. The number of amides is 3. The van der Waals surface area contributed by atoms with E-state index in [2.05, 4.69) is 16.0 Å². The third-order valence-electron chi connectivity index (χ3n) is 6.78. The summed E-state index contributed by atoms with van der Waals surface area (Å²) in [5.74, 6) is 1.53. The molecule has 0 saturated carbocycles. The van der Waals surface area contributed by atoms with Crippen molar-refractivity contribution in [3.63, 3.8) is 0 Å². The fraction of sp³-hybridized carbons (Fsp3) is 0.517. The van der Waals surface area contributed by atoms with Crippen molar-refractivity contribution in [1.82, 2.24) is 20.9 Å². The Labute approximate surface area is 226 Å². The summed E-state index contributed by atoms with van der Waals surface area (Å²) in [6, 6.07) is 15.0. The molecule has 1 fully saturated rings. The number of carbonyl (C=O) groups is 2. The summed E-state index contributed by atoms with van der Waals surface area (Å²) in [7, 11) is 3.24. The first kappa shape index (κ1) is 29.3. The van der Waals surface area contributed by atoms with E-state index >= 15 is 0 Å². The minimum atomic E-state index is -0.187. The lowest BCUT2D eigenvalue weighted by atomic mass is 9.94. The Morgan fingerprint density at radius 2 is 1.76 bits per heavy atom. The highest BCUT2D eigenvalue weighted by atomic mass is 16.5. The number of nitrogens with zero attached hydrogens (tertiary/aromatic N) is 1. The number of methoxy groups -OCH3 is 2. The minimum absolute atomic E-state index is 0.0130. The van der Waals surface area contributed by atoms with Crippen LogP contribution in [0.25, 0.3) is 0 Å². The standard InChI is InChI=1S/C29H42N4O5/c1-21(2)33(28(34)23-11-12-26(37-4)27(15-23)38-14-8-13-36-3)20-25-18-30-17-24(25)19-32-29(35)31-16-22-9-6-5-7-10-22/h5-7,9-12,15,21,24-25,30H,8,13-14,16-20H2,1-4H3,(H2,31,32,35)/t24-,25-/m0/s1. The summed E-state index contributed by atoms with van der Waals surface area (Å²) in [6.45, 7) is 8.33. The van der Waals surface area contributed by atoms with Crippen LogP contribution in [0, 0.1) is 11.8 Å². The quantitative estimate of drug-likeness (QED) is 0.327. The summed E-state index contributed by atoms with van der Waals surface area (Å²) in [5, 5.41) is 9.34. The Morgan fingerprint density at radius 3 is 2.47 bits per heavy atom. The van der Waals surface area contributed by atoms with Gasteiger partial charge in [-0.25, -0.2) is 4.79 Å². The number of urea groups is 1. The zero-order valence-corrected chi connectivity index (χ0v) is 23.0. The van der Waals surface area contributed by atoms with Crippen molar-refractivity contribution in [2.75, 3.05) is 53.6 Å².